The van der Waals surface area contributed by atoms with Crippen molar-refractivity contribution in [3.8, 4) is 0 Å². The first-order chi connectivity index (χ1) is 21.4. The second-order valence-electron chi connectivity index (χ2n) is 10.5. The van der Waals surface area contributed by atoms with Gasteiger partial charge in [-0.05, 0) is 17.6 Å². The van der Waals surface area contributed by atoms with E-state index in [0.717, 1.165) is 30.7 Å². The van der Waals surface area contributed by atoms with Crippen LogP contribution in [0.5, 0.6) is 0 Å². The number of fused-ring (bicyclic) bond motifs is 1. The largest absolute Gasteiger partial charge is 0.480 e. The SMILES string of the molecule is Nc1nc2c(c(=O)[nH]1)n(CC1=CCC(c3ccccc3)C=C1)c[n+]2[C@@H]1OC(COP(=O)(O)OP(=O)(O)n2ccnc2)[C@@H](O)[C@H]1O. The minimum Gasteiger partial charge on any atom is -0.387 e. The number of nitrogen functional groups attached to an aromatic ring is 1. The summed E-state index contributed by atoms with van der Waals surface area (Å²) in [5.41, 5.74) is 7.55. The van der Waals surface area contributed by atoms with E-state index in [4.69, 9.17) is 15.0 Å². The first kappa shape index (κ1) is 31.2. The Bertz CT molecular complexity index is 1910. The maximum absolute atomic E-state index is 13.0. The number of anilines is 1. The Balaban J connectivity index is 1.21. The summed E-state index contributed by atoms with van der Waals surface area (Å²) >= 11 is 0. The Morgan fingerprint density at radius 1 is 1.18 bits per heavy atom. The van der Waals surface area contributed by atoms with Crippen molar-refractivity contribution < 1.29 is 47.3 Å². The smallest absolute Gasteiger partial charge is 0.387 e. The van der Waals surface area contributed by atoms with Gasteiger partial charge in [-0.2, -0.15) is 4.31 Å². The van der Waals surface area contributed by atoms with Gasteiger partial charge >= 0.3 is 21.2 Å². The molecule has 238 valence electrons. The van der Waals surface area contributed by atoms with Crippen molar-refractivity contribution in [1.82, 2.24) is 23.9 Å². The highest BCUT2D eigenvalue weighted by molar-refractivity contribution is 7.63. The summed E-state index contributed by atoms with van der Waals surface area (Å²) < 4.78 is 43.3. The number of H-pyrrole nitrogens is 1. The molecular weight excluding hydrogens is 632 g/mol. The highest BCUT2D eigenvalue weighted by Crippen LogP contribution is 2.60. The van der Waals surface area contributed by atoms with E-state index in [1.54, 1.807) is 4.57 Å². The van der Waals surface area contributed by atoms with Crippen molar-refractivity contribution in [2.75, 3.05) is 12.3 Å². The molecule has 1 aliphatic heterocycles. The summed E-state index contributed by atoms with van der Waals surface area (Å²) in [6.45, 7) is -0.556. The van der Waals surface area contributed by atoms with Gasteiger partial charge in [-0.15, -0.1) is 0 Å². The molecule has 0 bridgehead atoms. The second-order valence-corrected chi connectivity index (χ2v) is 13.8. The number of rotatable bonds is 10. The normalized spacial score (nSPS) is 26.0. The summed E-state index contributed by atoms with van der Waals surface area (Å²) in [7, 11) is -10.0. The van der Waals surface area contributed by atoms with Gasteiger partial charge in [-0.3, -0.25) is 18.9 Å². The Labute approximate surface area is 254 Å². The number of nitrogens with zero attached hydrogens (tertiary/aromatic N) is 5. The van der Waals surface area contributed by atoms with Gasteiger partial charge in [-0.25, -0.2) is 23.0 Å². The number of nitrogens with one attached hydrogen (secondary N) is 1. The summed E-state index contributed by atoms with van der Waals surface area (Å²) in [6.07, 6.45) is 5.50. The van der Waals surface area contributed by atoms with Crippen LogP contribution in [0.1, 0.15) is 24.1 Å². The van der Waals surface area contributed by atoms with Gasteiger partial charge in [0.2, 0.25) is 11.7 Å². The number of aromatic nitrogens is 6. The van der Waals surface area contributed by atoms with E-state index >= 15 is 0 Å². The summed E-state index contributed by atoms with van der Waals surface area (Å²) in [5.74, 6) is 0.0165. The minimum absolute atomic E-state index is 0.0503. The van der Waals surface area contributed by atoms with E-state index in [1.807, 2.05) is 24.3 Å². The third kappa shape index (κ3) is 6.49. The lowest BCUT2D eigenvalue weighted by molar-refractivity contribution is -0.745. The fraction of sp³-hybridized carbons (Fsp3) is 0.308. The third-order valence-corrected chi connectivity index (χ3v) is 10.4. The first-order valence-electron chi connectivity index (χ1n) is 13.7. The van der Waals surface area contributed by atoms with Crippen molar-refractivity contribution in [2.24, 2.45) is 0 Å². The van der Waals surface area contributed by atoms with Gasteiger partial charge in [0.25, 0.3) is 11.5 Å². The lowest BCUT2D eigenvalue weighted by Gasteiger charge is -2.19. The van der Waals surface area contributed by atoms with Crippen molar-refractivity contribution in [3.63, 3.8) is 0 Å². The number of phosphoric acid groups is 1. The molecular formula is C26H30N7O10P2+. The fourth-order valence-electron chi connectivity index (χ4n) is 5.27. The monoisotopic (exact) mass is 662 g/mol. The Kier molecular flexibility index (Phi) is 8.47. The summed E-state index contributed by atoms with van der Waals surface area (Å²) in [6, 6.07) is 10.0. The molecule has 19 heteroatoms. The summed E-state index contributed by atoms with van der Waals surface area (Å²) in [4.78, 5) is 43.3. The number of hydrogen-bond acceptors (Lipinski definition) is 11. The van der Waals surface area contributed by atoms with Crippen LogP contribution < -0.4 is 15.9 Å². The van der Waals surface area contributed by atoms with Crippen molar-refractivity contribution in [2.45, 2.75) is 43.4 Å². The molecule has 2 aliphatic rings. The van der Waals surface area contributed by atoms with Gasteiger partial charge < -0.3 is 30.5 Å². The van der Waals surface area contributed by atoms with E-state index in [2.05, 4.69) is 43.5 Å². The number of aliphatic hydroxyl groups excluding tert-OH is 2. The zero-order chi connectivity index (χ0) is 31.9. The van der Waals surface area contributed by atoms with E-state index in [9.17, 15) is 33.9 Å². The molecule has 0 amide bonds. The van der Waals surface area contributed by atoms with Crippen LogP contribution in [0.4, 0.5) is 5.95 Å². The molecule has 3 aromatic heterocycles. The molecule has 1 aliphatic carbocycles. The molecule has 1 fully saturated rings. The van der Waals surface area contributed by atoms with Crippen LogP contribution in [0.3, 0.4) is 0 Å². The predicted octanol–water partition coefficient (Wildman–Crippen LogP) is 0.862. The van der Waals surface area contributed by atoms with Gasteiger partial charge in [0.05, 0.1) is 13.2 Å². The van der Waals surface area contributed by atoms with E-state index in [-0.39, 0.29) is 29.6 Å². The van der Waals surface area contributed by atoms with Gasteiger partial charge in [0.1, 0.15) is 24.6 Å². The molecule has 1 aromatic carbocycles. The molecule has 0 saturated carbocycles. The van der Waals surface area contributed by atoms with Crippen molar-refractivity contribution in [3.05, 3.63) is 95.1 Å². The maximum Gasteiger partial charge on any atom is 0.480 e. The predicted molar refractivity (Wildman–Crippen MR) is 156 cm³/mol. The zero-order valence-electron chi connectivity index (χ0n) is 23.4. The number of ether oxygens (including phenoxy) is 1. The number of phosphoric ester groups is 1. The van der Waals surface area contributed by atoms with Crippen LogP contribution in [0.2, 0.25) is 0 Å². The molecule has 0 radical (unpaired) electrons. The number of allylic oxidation sites excluding steroid dienone is 4. The minimum atomic E-state index is -5.17. The number of benzene rings is 1. The van der Waals surface area contributed by atoms with Crippen LogP contribution in [-0.4, -0.2) is 68.8 Å². The Hall–Kier alpha value is -3.76. The highest BCUT2D eigenvalue weighted by Gasteiger charge is 2.48. The number of aliphatic hydroxyl groups is 2. The topological polar surface area (TPSA) is 241 Å². The van der Waals surface area contributed by atoms with Crippen LogP contribution in [0, 0.1) is 0 Å². The van der Waals surface area contributed by atoms with Crippen molar-refractivity contribution in [1.29, 1.82) is 0 Å². The molecule has 1 saturated heterocycles. The van der Waals surface area contributed by atoms with Crippen LogP contribution in [0.15, 0.2) is 84.0 Å². The maximum atomic E-state index is 13.0. The van der Waals surface area contributed by atoms with Crippen LogP contribution in [-0.2, 0) is 29.2 Å². The van der Waals surface area contributed by atoms with E-state index in [0.29, 0.717) is 4.34 Å². The molecule has 4 unspecified atom stereocenters. The molecule has 6 rings (SSSR count). The Morgan fingerprint density at radius 2 is 1.96 bits per heavy atom. The average Bonchev–Trinajstić information content (AvgIpc) is 3.73. The second kappa shape index (κ2) is 12.2. The molecule has 7 N–H and O–H groups in total. The van der Waals surface area contributed by atoms with Crippen molar-refractivity contribution >= 4 is 32.7 Å². The fourth-order valence-corrected chi connectivity index (χ4v) is 7.63. The van der Waals surface area contributed by atoms with E-state index < -0.39 is 52.3 Å². The van der Waals surface area contributed by atoms with Gasteiger partial charge in [0, 0.05) is 18.3 Å². The zero-order valence-corrected chi connectivity index (χ0v) is 25.2. The highest BCUT2D eigenvalue weighted by atomic mass is 31.3. The standard InChI is InChI=1S/C26H29N7O10P2/c27-26-29-23-20(24(36)30-26)31(12-16-6-8-18(9-7-16)17-4-2-1-3-5-17)15-33(23)25-22(35)21(34)19(42-25)13-41-45(39,40)43-44(37,38)32-11-10-28-14-32/h1-8,10-11,14-15,18-19,21-22,25,34-35H,9,12-13H2,(H4-,27,29,30,36,37,38,39,40)/p+1/t18?,19?,21-,22-,25-/m1/s1. The first-order valence-corrected chi connectivity index (χ1v) is 16.7. The Morgan fingerprint density at radius 3 is 2.64 bits per heavy atom. The number of nitrogens with two attached hydrogens (primary N) is 1. The van der Waals surface area contributed by atoms with Gasteiger partial charge in [-0.1, -0.05) is 53.5 Å². The van der Waals surface area contributed by atoms with Crippen LogP contribution >= 0.6 is 15.6 Å². The lowest BCUT2D eigenvalue weighted by Crippen LogP contribution is -2.46. The average molecular weight is 663 g/mol. The molecule has 7 atom stereocenters. The molecule has 0 spiro atoms. The quantitative estimate of drug-likeness (QED) is 0.102. The third-order valence-electron chi connectivity index (χ3n) is 7.45. The molecule has 4 aromatic rings. The lowest BCUT2D eigenvalue weighted by atomic mass is 9.90. The van der Waals surface area contributed by atoms with E-state index in [1.165, 1.54) is 16.5 Å². The number of aromatic amines is 1. The summed E-state index contributed by atoms with van der Waals surface area (Å²) in [5, 5.41) is 21.6. The molecule has 4 heterocycles. The molecule has 45 heavy (non-hydrogen) atoms. The molecule has 17 nitrogen and oxygen atoms in total. The number of imidazole rings is 2. The van der Waals surface area contributed by atoms with Crippen LogP contribution in [0.25, 0.3) is 11.2 Å². The number of hydrogen-bond donors (Lipinski definition) is 6. The van der Waals surface area contributed by atoms with Gasteiger partial charge in [0.15, 0.2) is 6.33 Å².